The van der Waals surface area contributed by atoms with Gasteiger partial charge in [0.1, 0.15) is 29.1 Å². The minimum atomic E-state index is -0.0890. The van der Waals surface area contributed by atoms with Gasteiger partial charge in [-0.3, -0.25) is 0 Å². The maximum absolute atomic E-state index is 5.77. The van der Waals surface area contributed by atoms with Gasteiger partial charge in [-0.05, 0) is 5.56 Å². The first-order valence-electron chi connectivity index (χ1n) is 8.24. The molecule has 3 atom stereocenters. The van der Waals surface area contributed by atoms with Crippen molar-refractivity contribution in [2.24, 2.45) is 11.1 Å². The van der Waals surface area contributed by atoms with E-state index in [2.05, 4.69) is 36.3 Å². The quantitative estimate of drug-likeness (QED) is 0.838. The summed E-state index contributed by atoms with van der Waals surface area (Å²) in [6.07, 6.45) is 0.0430. The lowest BCUT2D eigenvalue weighted by atomic mass is 9.91. The summed E-state index contributed by atoms with van der Waals surface area (Å²) in [4.78, 5) is 5.77. The summed E-state index contributed by atoms with van der Waals surface area (Å²) in [7, 11) is 4.89. The Balaban J connectivity index is 1.77. The van der Waals surface area contributed by atoms with Crippen molar-refractivity contribution in [2.45, 2.75) is 18.4 Å². The maximum Gasteiger partial charge on any atom is 0.147 e. The zero-order valence-corrected chi connectivity index (χ0v) is 14.8. The highest BCUT2D eigenvalue weighted by Crippen LogP contribution is 2.61. The van der Waals surface area contributed by atoms with Crippen molar-refractivity contribution in [3.63, 3.8) is 0 Å². The highest BCUT2D eigenvalue weighted by Gasteiger charge is 2.70. The number of rotatable bonds is 5. The summed E-state index contributed by atoms with van der Waals surface area (Å²) < 4.78 is 16.5. The molecule has 1 aliphatic carbocycles. The topological polar surface area (TPSA) is 49.3 Å². The van der Waals surface area contributed by atoms with Crippen LogP contribution in [0.4, 0.5) is 0 Å². The number of ether oxygens (including phenoxy) is 3. The number of benzene rings is 2. The van der Waals surface area contributed by atoms with Gasteiger partial charge in [-0.1, -0.05) is 42.4 Å². The van der Waals surface area contributed by atoms with Crippen molar-refractivity contribution in [2.75, 3.05) is 21.3 Å². The number of methoxy groups -OCH3 is 3. The standard InChI is InChI=1S/C20H21NO4/c1-20(12-8-6-5-7-9-12)17-18(21-25-19(17)20)16-14(23-3)10-13(22-2)11-15(16)24-4/h5-11,17,19H,1-4H3/t17-,19?,20+/m0/s1. The number of oxime groups is 1. The fourth-order valence-electron chi connectivity index (χ4n) is 3.84. The van der Waals surface area contributed by atoms with Crippen LogP contribution in [0.5, 0.6) is 17.2 Å². The van der Waals surface area contributed by atoms with Crippen LogP contribution in [0.3, 0.4) is 0 Å². The summed E-state index contributed by atoms with van der Waals surface area (Å²) >= 11 is 0. The first-order chi connectivity index (χ1) is 12.1. The van der Waals surface area contributed by atoms with Crippen LogP contribution < -0.4 is 14.2 Å². The lowest BCUT2D eigenvalue weighted by Crippen LogP contribution is -2.17. The molecular formula is C20H21NO4. The Kier molecular flexibility index (Phi) is 3.60. The molecule has 0 saturated heterocycles. The van der Waals surface area contributed by atoms with Gasteiger partial charge in [0.2, 0.25) is 0 Å². The van der Waals surface area contributed by atoms with Crippen molar-refractivity contribution in [1.29, 1.82) is 0 Å². The molecule has 5 heteroatoms. The minimum absolute atomic E-state index is 0.0430. The molecule has 0 radical (unpaired) electrons. The Morgan fingerprint density at radius 2 is 1.60 bits per heavy atom. The predicted octanol–water partition coefficient (Wildman–Crippen LogP) is 3.40. The van der Waals surface area contributed by atoms with Crippen molar-refractivity contribution >= 4 is 5.71 Å². The molecule has 1 aliphatic heterocycles. The summed E-state index contributed by atoms with van der Waals surface area (Å²) in [6, 6.07) is 14.1. The van der Waals surface area contributed by atoms with Crippen LogP contribution in [0, 0.1) is 5.92 Å². The van der Waals surface area contributed by atoms with Gasteiger partial charge < -0.3 is 19.0 Å². The molecule has 1 fully saturated rings. The van der Waals surface area contributed by atoms with E-state index < -0.39 is 0 Å². The average molecular weight is 339 g/mol. The van der Waals surface area contributed by atoms with Gasteiger partial charge >= 0.3 is 0 Å². The summed E-state index contributed by atoms with van der Waals surface area (Å²) in [5, 5.41) is 4.35. The first kappa shape index (κ1) is 15.8. The van der Waals surface area contributed by atoms with Gasteiger partial charge in [0.25, 0.3) is 0 Å². The maximum atomic E-state index is 5.77. The van der Waals surface area contributed by atoms with Crippen molar-refractivity contribution < 1.29 is 19.0 Å². The van der Waals surface area contributed by atoms with E-state index in [9.17, 15) is 0 Å². The second kappa shape index (κ2) is 5.69. The number of hydrogen-bond acceptors (Lipinski definition) is 5. The van der Waals surface area contributed by atoms with E-state index in [0.29, 0.717) is 17.2 Å². The summed E-state index contributed by atoms with van der Waals surface area (Å²) in [5.74, 6) is 2.18. The molecule has 25 heavy (non-hydrogen) atoms. The fourth-order valence-corrected chi connectivity index (χ4v) is 3.84. The SMILES string of the molecule is COc1cc(OC)c(C2=NOC3[C@H]2[C@@]3(C)c2ccccc2)c(OC)c1. The zero-order valence-electron chi connectivity index (χ0n) is 14.8. The van der Waals surface area contributed by atoms with E-state index in [-0.39, 0.29) is 17.4 Å². The molecule has 5 nitrogen and oxygen atoms in total. The molecule has 4 rings (SSSR count). The molecule has 0 amide bonds. The van der Waals surface area contributed by atoms with Crippen LogP contribution >= 0.6 is 0 Å². The molecule has 1 saturated carbocycles. The lowest BCUT2D eigenvalue weighted by molar-refractivity contribution is 0.122. The van der Waals surface area contributed by atoms with Gasteiger partial charge in [-0.15, -0.1) is 0 Å². The van der Waals surface area contributed by atoms with Gasteiger partial charge in [0.15, 0.2) is 0 Å². The number of fused-ring (bicyclic) bond motifs is 1. The molecule has 0 N–H and O–H groups in total. The first-order valence-corrected chi connectivity index (χ1v) is 8.24. The number of nitrogens with zero attached hydrogens (tertiary/aromatic N) is 1. The Labute approximate surface area is 147 Å². The van der Waals surface area contributed by atoms with Crippen LogP contribution in [0.15, 0.2) is 47.6 Å². The Bertz CT molecular complexity index is 808. The van der Waals surface area contributed by atoms with Crippen molar-refractivity contribution in [3.8, 4) is 17.2 Å². The molecule has 0 bridgehead atoms. The van der Waals surface area contributed by atoms with Crippen LogP contribution in [0.1, 0.15) is 18.1 Å². The second-order valence-electron chi connectivity index (χ2n) is 6.54. The van der Waals surface area contributed by atoms with Crippen molar-refractivity contribution in [1.82, 2.24) is 0 Å². The molecule has 2 aromatic carbocycles. The van der Waals surface area contributed by atoms with E-state index >= 15 is 0 Å². The van der Waals surface area contributed by atoms with Crippen LogP contribution in [-0.2, 0) is 10.3 Å². The zero-order chi connectivity index (χ0) is 17.6. The predicted molar refractivity (Wildman–Crippen MR) is 94.8 cm³/mol. The largest absolute Gasteiger partial charge is 0.496 e. The fraction of sp³-hybridized carbons (Fsp3) is 0.350. The minimum Gasteiger partial charge on any atom is -0.496 e. The molecule has 2 aliphatic rings. The Morgan fingerprint density at radius 3 is 2.16 bits per heavy atom. The molecular weight excluding hydrogens is 318 g/mol. The van der Waals surface area contributed by atoms with E-state index in [1.165, 1.54) is 5.56 Å². The van der Waals surface area contributed by atoms with Crippen LogP contribution in [0.2, 0.25) is 0 Å². The molecule has 0 spiro atoms. The monoisotopic (exact) mass is 339 g/mol. The van der Waals surface area contributed by atoms with Gasteiger partial charge in [0.05, 0.1) is 32.8 Å². The highest BCUT2D eigenvalue weighted by atomic mass is 16.7. The summed E-state index contributed by atoms with van der Waals surface area (Å²) in [6.45, 7) is 2.22. The average Bonchev–Trinajstić information content (AvgIpc) is 3.04. The molecule has 0 aromatic heterocycles. The van der Waals surface area contributed by atoms with E-state index in [4.69, 9.17) is 19.0 Å². The normalized spacial score (nSPS) is 26.3. The van der Waals surface area contributed by atoms with Crippen LogP contribution in [-0.4, -0.2) is 33.1 Å². The third-order valence-corrected chi connectivity index (χ3v) is 5.36. The lowest BCUT2D eigenvalue weighted by Gasteiger charge is -2.18. The third kappa shape index (κ3) is 2.18. The van der Waals surface area contributed by atoms with Gasteiger partial charge in [0, 0.05) is 17.5 Å². The smallest absolute Gasteiger partial charge is 0.147 e. The molecule has 130 valence electrons. The highest BCUT2D eigenvalue weighted by molar-refractivity contribution is 6.10. The Morgan fingerprint density at radius 1 is 0.960 bits per heavy atom. The molecule has 1 heterocycles. The third-order valence-electron chi connectivity index (χ3n) is 5.36. The van der Waals surface area contributed by atoms with E-state index in [0.717, 1.165) is 11.3 Å². The van der Waals surface area contributed by atoms with E-state index in [1.807, 2.05) is 18.2 Å². The molecule has 1 unspecified atom stereocenters. The van der Waals surface area contributed by atoms with Crippen molar-refractivity contribution in [3.05, 3.63) is 53.6 Å². The molecule has 2 aromatic rings. The van der Waals surface area contributed by atoms with Gasteiger partial charge in [-0.25, -0.2) is 0 Å². The second-order valence-corrected chi connectivity index (χ2v) is 6.54. The summed E-state index contributed by atoms with van der Waals surface area (Å²) in [5.41, 5.74) is 2.86. The number of hydrogen-bond donors (Lipinski definition) is 0. The van der Waals surface area contributed by atoms with E-state index in [1.54, 1.807) is 21.3 Å². The van der Waals surface area contributed by atoms with Crippen LogP contribution in [0.25, 0.3) is 0 Å². The Hall–Kier alpha value is -2.69. The van der Waals surface area contributed by atoms with Gasteiger partial charge in [-0.2, -0.15) is 0 Å².